The number of hydrogen-bond donors (Lipinski definition) is 2. The van der Waals surface area contributed by atoms with Crippen LogP contribution in [0.1, 0.15) is 12.0 Å². The number of benzene rings is 1. The third-order valence-corrected chi connectivity index (χ3v) is 6.13. The molecule has 0 saturated carbocycles. The largest absolute Gasteiger partial charge is 0.497 e. The maximum absolute atomic E-state index is 12.5. The summed E-state index contributed by atoms with van der Waals surface area (Å²) in [7, 11) is 3.59. The highest BCUT2D eigenvalue weighted by Gasteiger charge is 2.54. The second kappa shape index (κ2) is 6.65. The van der Waals surface area contributed by atoms with Crippen molar-refractivity contribution in [3.05, 3.63) is 40.2 Å². The Labute approximate surface area is 157 Å². The first-order valence-corrected chi connectivity index (χ1v) is 9.25. The summed E-state index contributed by atoms with van der Waals surface area (Å²) in [4.78, 5) is 31.7. The Kier molecular flexibility index (Phi) is 4.44. The first-order chi connectivity index (χ1) is 12.9. The Morgan fingerprint density at radius 1 is 1.37 bits per heavy atom. The molecule has 2 aliphatic rings. The van der Waals surface area contributed by atoms with E-state index in [1.807, 2.05) is 31.3 Å². The van der Waals surface area contributed by atoms with E-state index < -0.39 is 11.4 Å². The molecule has 0 spiro atoms. The van der Waals surface area contributed by atoms with Gasteiger partial charge in [-0.05, 0) is 50.2 Å². The minimum absolute atomic E-state index is 0.121. The molecule has 2 aliphatic heterocycles. The molecule has 1 aromatic carbocycles. The molecule has 1 aromatic heterocycles. The molecule has 0 amide bonds. The minimum Gasteiger partial charge on any atom is -0.497 e. The molecule has 27 heavy (non-hydrogen) atoms. The van der Waals surface area contributed by atoms with Gasteiger partial charge in [0.25, 0.3) is 5.56 Å². The van der Waals surface area contributed by atoms with Crippen molar-refractivity contribution in [1.29, 1.82) is 0 Å². The Bertz CT molecular complexity index is 940. The van der Waals surface area contributed by atoms with Gasteiger partial charge in [-0.1, -0.05) is 0 Å². The van der Waals surface area contributed by atoms with Crippen LogP contribution in [0, 0.1) is 11.3 Å². The standard InChI is InChI=1S/C20H25N3O4/c1-22-6-5-15-10-23(12-20(15,11-22)19(25)26)9-14-7-13-8-16(27-2)3-4-17(13)21-18(14)24/h3-4,7-8,15H,5-6,9-12H2,1-2H3,(H,21,24)(H,25,26)/t15-,20-/m1/s1. The number of aromatic amines is 1. The molecule has 2 atom stereocenters. The van der Waals surface area contributed by atoms with E-state index in [4.69, 9.17) is 4.74 Å². The van der Waals surface area contributed by atoms with E-state index in [0.717, 1.165) is 36.2 Å². The fourth-order valence-electron chi connectivity index (χ4n) is 4.71. The lowest BCUT2D eigenvalue weighted by Crippen LogP contribution is -2.52. The molecule has 0 unspecified atom stereocenters. The van der Waals surface area contributed by atoms with E-state index in [2.05, 4.69) is 14.8 Å². The van der Waals surface area contributed by atoms with E-state index >= 15 is 0 Å². The molecule has 7 heteroatoms. The smallest absolute Gasteiger partial charge is 0.312 e. The number of rotatable bonds is 4. The Morgan fingerprint density at radius 2 is 2.19 bits per heavy atom. The van der Waals surface area contributed by atoms with Gasteiger partial charge in [0.15, 0.2) is 0 Å². The van der Waals surface area contributed by atoms with Gasteiger partial charge in [0.2, 0.25) is 0 Å². The number of carboxylic acids is 1. The molecule has 0 radical (unpaired) electrons. The van der Waals surface area contributed by atoms with Gasteiger partial charge < -0.3 is 19.7 Å². The Hall–Kier alpha value is -2.38. The molecular weight excluding hydrogens is 346 g/mol. The number of pyridine rings is 1. The van der Waals surface area contributed by atoms with Crippen molar-refractivity contribution in [2.24, 2.45) is 11.3 Å². The normalized spacial score (nSPS) is 26.2. The van der Waals surface area contributed by atoms with Gasteiger partial charge in [-0.3, -0.25) is 14.5 Å². The molecule has 4 rings (SSSR count). The predicted octanol–water partition coefficient (Wildman–Crippen LogP) is 1.38. The van der Waals surface area contributed by atoms with Crippen LogP contribution < -0.4 is 10.3 Å². The minimum atomic E-state index is -0.736. The first-order valence-electron chi connectivity index (χ1n) is 9.25. The molecule has 2 N–H and O–H groups in total. The van der Waals surface area contributed by atoms with E-state index in [1.165, 1.54) is 0 Å². The number of carboxylic acid groups (broad SMARTS) is 1. The highest BCUT2D eigenvalue weighted by atomic mass is 16.5. The fraction of sp³-hybridized carbons (Fsp3) is 0.500. The summed E-state index contributed by atoms with van der Waals surface area (Å²) in [6.45, 7) is 3.14. The van der Waals surface area contributed by atoms with Crippen molar-refractivity contribution in [1.82, 2.24) is 14.8 Å². The lowest BCUT2D eigenvalue weighted by Gasteiger charge is -2.39. The van der Waals surface area contributed by atoms with Gasteiger partial charge in [-0.2, -0.15) is 0 Å². The highest BCUT2D eigenvalue weighted by Crippen LogP contribution is 2.42. The molecular formula is C20H25N3O4. The number of nitrogens with one attached hydrogen (secondary N) is 1. The van der Waals surface area contributed by atoms with Crippen LogP contribution in [0.15, 0.2) is 29.1 Å². The predicted molar refractivity (Wildman–Crippen MR) is 102 cm³/mol. The number of H-pyrrole nitrogens is 1. The second-order valence-electron chi connectivity index (χ2n) is 7.93. The number of hydrogen-bond acceptors (Lipinski definition) is 5. The van der Waals surface area contributed by atoms with Crippen LogP contribution in [0.4, 0.5) is 0 Å². The number of fused-ring (bicyclic) bond motifs is 2. The van der Waals surface area contributed by atoms with Crippen LogP contribution in [0.2, 0.25) is 0 Å². The molecule has 0 aliphatic carbocycles. The summed E-state index contributed by atoms with van der Waals surface area (Å²) < 4.78 is 5.27. The van der Waals surface area contributed by atoms with Crippen molar-refractivity contribution in [2.75, 3.05) is 40.3 Å². The Morgan fingerprint density at radius 3 is 2.93 bits per heavy atom. The number of ether oxygens (including phenoxy) is 1. The molecule has 144 valence electrons. The van der Waals surface area contributed by atoms with Gasteiger partial charge in [0, 0.05) is 42.6 Å². The lowest BCUT2D eigenvalue weighted by atomic mass is 9.73. The number of carbonyl (C=O) groups is 1. The van der Waals surface area contributed by atoms with Crippen molar-refractivity contribution in [2.45, 2.75) is 13.0 Å². The molecule has 2 aromatic rings. The third kappa shape index (κ3) is 3.11. The lowest BCUT2D eigenvalue weighted by molar-refractivity contribution is -0.153. The maximum atomic E-state index is 12.5. The summed E-state index contributed by atoms with van der Waals surface area (Å²) in [6.07, 6.45) is 0.880. The number of piperidine rings is 1. The zero-order valence-corrected chi connectivity index (χ0v) is 15.7. The molecule has 2 fully saturated rings. The maximum Gasteiger partial charge on any atom is 0.312 e. The summed E-state index contributed by atoms with van der Waals surface area (Å²) in [6, 6.07) is 7.43. The summed E-state index contributed by atoms with van der Waals surface area (Å²) in [5.41, 5.74) is 0.565. The zero-order valence-electron chi connectivity index (χ0n) is 15.7. The summed E-state index contributed by atoms with van der Waals surface area (Å²) in [5, 5.41) is 10.8. The Balaban J connectivity index is 1.62. The van der Waals surface area contributed by atoms with Crippen LogP contribution in [0.3, 0.4) is 0 Å². The third-order valence-electron chi connectivity index (χ3n) is 6.13. The van der Waals surface area contributed by atoms with E-state index in [0.29, 0.717) is 25.2 Å². The van der Waals surface area contributed by atoms with Crippen molar-refractivity contribution >= 4 is 16.9 Å². The van der Waals surface area contributed by atoms with Gasteiger partial charge >= 0.3 is 5.97 Å². The van der Waals surface area contributed by atoms with E-state index in [-0.39, 0.29) is 11.5 Å². The number of methoxy groups -OCH3 is 1. The fourth-order valence-corrected chi connectivity index (χ4v) is 4.71. The average Bonchev–Trinajstić information content (AvgIpc) is 3.00. The van der Waals surface area contributed by atoms with E-state index in [1.54, 1.807) is 7.11 Å². The quantitative estimate of drug-likeness (QED) is 0.844. The highest BCUT2D eigenvalue weighted by molar-refractivity contribution is 5.80. The first kappa shape index (κ1) is 18.0. The van der Waals surface area contributed by atoms with Gasteiger partial charge in [0.05, 0.1) is 12.5 Å². The van der Waals surface area contributed by atoms with Crippen LogP contribution >= 0.6 is 0 Å². The van der Waals surface area contributed by atoms with Crippen LogP contribution in [-0.2, 0) is 11.3 Å². The summed E-state index contributed by atoms with van der Waals surface area (Å²) >= 11 is 0. The summed E-state index contributed by atoms with van der Waals surface area (Å²) in [5.74, 6) is 0.144. The van der Waals surface area contributed by atoms with Crippen LogP contribution in [0.5, 0.6) is 5.75 Å². The topological polar surface area (TPSA) is 85.9 Å². The van der Waals surface area contributed by atoms with E-state index in [9.17, 15) is 14.7 Å². The SMILES string of the molecule is COc1ccc2[nH]c(=O)c(CN3C[C@H]4CCN(C)C[C@@]4(C(=O)O)C3)cc2c1. The molecule has 0 bridgehead atoms. The van der Waals surface area contributed by atoms with Crippen molar-refractivity contribution in [3.8, 4) is 5.75 Å². The zero-order chi connectivity index (χ0) is 19.2. The second-order valence-corrected chi connectivity index (χ2v) is 7.93. The molecule has 7 nitrogen and oxygen atoms in total. The average molecular weight is 371 g/mol. The monoisotopic (exact) mass is 371 g/mol. The van der Waals surface area contributed by atoms with Crippen LogP contribution in [-0.4, -0.2) is 66.2 Å². The number of nitrogens with zero attached hydrogens (tertiary/aromatic N) is 2. The van der Waals surface area contributed by atoms with Gasteiger partial charge in [-0.15, -0.1) is 0 Å². The van der Waals surface area contributed by atoms with Crippen molar-refractivity contribution in [3.63, 3.8) is 0 Å². The molecule has 2 saturated heterocycles. The number of aliphatic carboxylic acids is 1. The van der Waals surface area contributed by atoms with Crippen LogP contribution in [0.25, 0.3) is 10.9 Å². The van der Waals surface area contributed by atoms with Gasteiger partial charge in [-0.25, -0.2) is 0 Å². The number of aromatic nitrogens is 1. The number of likely N-dealkylation sites (tertiary alicyclic amines) is 2. The van der Waals surface area contributed by atoms with Gasteiger partial charge in [0.1, 0.15) is 5.75 Å². The molecule has 3 heterocycles. The van der Waals surface area contributed by atoms with Crippen molar-refractivity contribution < 1.29 is 14.6 Å².